The molecule has 29 heavy (non-hydrogen) atoms. The van der Waals surface area contributed by atoms with Gasteiger partial charge >= 0.3 is 5.97 Å². The summed E-state index contributed by atoms with van der Waals surface area (Å²) in [6.45, 7) is 0.0920. The lowest BCUT2D eigenvalue weighted by Gasteiger charge is -2.08. The van der Waals surface area contributed by atoms with Crippen molar-refractivity contribution in [1.82, 2.24) is 5.32 Å². The first-order valence-electron chi connectivity index (χ1n) is 9.38. The van der Waals surface area contributed by atoms with Crippen molar-refractivity contribution in [2.24, 2.45) is 0 Å². The molecule has 0 spiro atoms. The Morgan fingerprint density at radius 3 is 2.14 bits per heavy atom. The van der Waals surface area contributed by atoms with Crippen molar-refractivity contribution < 1.29 is 19.1 Å². The molecule has 0 saturated carbocycles. The summed E-state index contributed by atoms with van der Waals surface area (Å²) >= 11 is 0. The van der Waals surface area contributed by atoms with Crippen LogP contribution >= 0.6 is 0 Å². The maximum atomic E-state index is 12.2. The second-order valence-electron chi connectivity index (χ2n) is 6.44. The molecule has 0 unspecified atom stereocenters. The first-order chi connectivity index (χ1) is 14.2. The van der Waals surface area contributed by atoms with E-state index in [0.29, 0.717) is 12.0 Å². The molecule has 0 aliphatic rings. The Hall–Kier alpha value is -3.60. The van der Waals surface area contributed by atoms with E-state index < -0.39 is 5.97 Å². The minimum atomic E-state index is -0.465. The first kappa shape index (κ1) is 20.1. The second-order valence-corrected chi connectivity index (χ2v) is 6.44. The lowest BCUT2D eigenvalue weighted by atomic mass is 10.0. The van der Waals surface area contributed by atoms with Crippen molar-refractivity contribution >= 4 is 11.9 Å². The number of carbonyl (C=O) groups excluding carboxylic acids is 2. The zero-order valence-electron chi connectivity index (χ0n) is 16.3. The van der Waals surface area contributed by atoms with Crippen LogP contribution in [0.25, 0.3) is 11.1 Å². The molecule has 0 saturated heterocycles. The molecule has 0 heterocycles. The van der Waals surface area contributed by atoms with Gasteiger partial charge in [-0.15, -0.1) is 0 Å². The summed E-state index contributed by atoms with van der Waals surface area (Å²) in [5.74, 6) is 0.00902. The van der Waals surface area contributed by atoms with E-state index in [1.807, 2.05) is 66.7 Å². The Morgan fingerprint density at radius 1 is 0.828 bits per heavy atom. The Labute approximate surface area is 170 Å². The third-order valence-corrected chi connectivity index (χ3v) is 4.46. The average molecular weight is 389 g/mol. The van der Waals surface area contributed by atoms with Crippen molar-refractivity contribution in [2.75, 3.05) is 20.3 Å². The maximum Gasteiger partial charge on any atom is 0.325 e. The molecule has 5 heteroatoms. The van der Waals surface area contributed by atoms with Gasteiger partial charge in [-0.05, 0) is 41.0 Å². The molecule has 1 amide bonds. The lowest BCUT2D eigenvalue weighted by Crippen LogP contribution is -2.30. The molecule has 0 fully saturated rings. The van der Waals surface area contributed by atoms with Gasteiger partial charge in [-0.3, -0.25) is 9.59 Å². The summed E-state index contributed by atoms with van der Waals surface area (Å²) in [6.07, 6.45) is 0.602. The summed E-state index contributed by atoms with van der Waals surface area (Å²) in [4.78, 5) is 24.1. The van der Waals surface area contributed by atoms with Crippen LogP contribution in [0.3, 0.4) is 0 Å². The molecule has 3 aromatic carbocycles. The van der Waals surface area contributed by atoms with Crippen LogP contribution in [0.1, 0.15) is 15.9 Å². The number of nitrogens with one attached hydrogen (secondary N) is 1. The van der Waals surface area contributed by atoms with E-state index in [1.165, 1.54) is 0 Å². The highest BCUT2D eigenvalue weighted by molar-refractivity contribution is 5.96. The number of ether oxygens (including phenoxy) is 2. The average Bonchev–Trinajstić information content (AvgIpc) is 2.78. The van der Waals surface area contributed by atoms with Gasteiger partial charge in [0.15, 0.2) is 0 Å². The van der Waals surface area contributed by atoms with Crippen molar-refractivity contribution in [3.63, 3.8) is 0 Å². The highest BCUT2D eigenvalue weighted by atomic mass is 16.5. The van der Waals surface area contributed by atoms with Gasteiger partial charge in [0.05, 0.1) is 13.7 Å². The van der Waals surface area contributed by atoms with Gasteiger partial charge in [-0.25, -0.2) is 0 Å². The molecule has 3 aromatic rings. The van der Waals surface area contributed by atoms with E-state index in [4.69, 9.17) is 9.47 Å². The quantitative estimate of drug-likeness (QED) is 0.594. The summed E-state index contributed by atoms with van der Waals surface area (Å²) in [5.41, 5.74) is 3.65. The fourth-order valence-corrected chi connectivity index (χ4v) is 2.83. The number of benzene rings is 3. The van der Waals surface area contributed by atoms with Gasteiger partial charge < -0.3 is 14.8 Å². The Bertz CT molecular complexity index is 935. The van der Waals surface area contributed by atoms with Gasteiger partial charge in [-0.1, -0.05) is 54.6 Å². The minimum absolute atomic E-state index is 0.165. The molecule has 1 N–H and O–H groups in total. The standard InChI is InChI=1S/C24H23NO4/c1-28-22-13-7-18(8-14-22)15-16-29-23(26)17-25-24(27)21-11-9-20(10-12-21)19-5-3-2-4-6-19/h2-14H,15-17H2,1H3,(H,25,27). The molecule has 3 rings (SSSR count). The van der Waals surface area contributed by atoms with Crippen molar-refractivity contribution in [3.8, 4) is 16.9 Å². The molecule has 0 aromatic heterocycles. The predicted octanol–water partition coefficient (Wildman–Crippen LogP) is 3.88. The smallest absolute Gasteiger partial charge is 0.325 e. The van der Waals surface area contributed by atoms with E-state index in [9.17, 15) is 9.59 Å². The molecule has 0 radical (unpaired) electrons. The number of methoxy groups -OCH3 is 1. The third kappa shape index (κ3) is 5.94. The van der Waals surface area contributed by atoms with Crippen molar-refractivity contribution in [3.05, 3.63) is 90.0 Å². The minimum Gasteiger partial charge on any atom is -0.497 e. The summed E-state index contributed by atoms with van der Waals surface area (Å²) in [6, 6.07) is 24.7. The number of amides is 1. The monoisotopic (exact) mass is 389 g/mol. The Morgan fingerprint density at radius 2 is 1.48 bits per heavy atom. The first-order valence-corrected chi connectivity index (χ1v) is 9.38. The molecule has 5 nitrogen and oxygen atoms in total. The molecule has 0 aliphatic carbocycles. The van der Waals surface area contributed by atoms with Crippen molar-refractivity contribution in [2.45, 2.75) is 6.42 Å². The number of hydrogen-bond acceptors (Lipinski definition) is 4. The predicted molar refractivity (Wildman–Crippen MR) is 112 cm³/mol. The van der Waals surface area contributed by atoms with Crippen LogP contribution in [0.4, 0.5) is 0 Å². The van der Waals surface area contributed by atoms with Crippen LogP contribution in [0.5, 0.6) is 5.75 Å². The molecular weight excluding hydrogens is 366 g/mol. The van der Waals surface area contributed by atoms with Crippen LogP contribution in [0, 0.1) is 0 Å². The van der Waals surface area contributed by atoms with Crippen LogP contribution in [0.15, 0.2) is 78.9 Å². The van der Waals surface area contributed by atoms with Gasteiger partial charge in [0.1, 0.15) is 12.3 Å². The molecule has 0 aliphatic heterocycles. The topological polar surface area (TPSA) is 64.6 Å². The highest BCUT2D eigenvalue weighted by Gasteiger charge is 2.09. The Balaban J connectivity index is 1.42. The van der Waals surface area contributed by atoms with E-state index in [0.717, 1.165) is 22.4 Å². The zero-order chi connectivity index (χ0) is 20.5. The van der Waals surface area contributed by atoms with Gasteiger partial charge in [-0.2, -0.15) is 0 Å². The van der Waals surface area contributed by atoms with E-state index in [-0.39, 0.29) is 19.1 Å². The SMILES string of the molecule is COc1ccc(CCOC(=O)CNC(=O)c2ccc(-c3ccccc3)cc2)cc1. The van der Waals surface area contributed by atoms with E-state index >= 15 is 0 Å². The fraction of sp³-hybridized carbons (Fsp3) is 0.167. The third-order valence-electron chi connectivity index (χ3n) is 4.46. The normalized spacial score (nSPS) is 10.2. The van der Waals surface area contributed by atoms with Gasteiger partial charge in [0, 0.05) is 12.0 Å². The van der Waals surface area contributed by atoms with Gasteiger partial charge in [0.25, 0.3) is 5.91 Å². The van der Waals surface area contributed by atoms with Gasteiger partial charge in [0.2, 0.25) is 0 Å². The highest BCUT2D eigenvalue weighted by Crippen LogP contribution is 2.19. The molecular formula is C24H23NO4. The second kappa shape index (κ2) is 10.1. The molecule has 0 bridgehead atoms. The lowest BCUT2D eigenvalue weighted by molar-refractivity contribution is -0.142. The van der Waals surface area contributed by atoms with Crippen LogP contribution in [-0.4, -0.2) is 32.1 Å². The summed E-state index contributed by atoms with van der Waals surface area (Å²) in [7, 11) is 1.61. The van der Waals surface area contributed by atoms with Crippen molar-refractivity contribution in [1.29, 1.82) is 0 Å². The van der Waals surface area contributed by atoms with Crippen LogP contribution in [-0.2, 0) is 16.0 Å². The van der Waals surface area contributed by atoms with Crippen LogP contribution < -0.4 is 10.1 Å². The molecule has 0 atom stereocenters. The summed E-state index contributed by atoms with van der Waals surface area (Å²) < 4.78 is 10.3. The zero-order valence-corrected chi connectivity index (χ0v) is 16.3. The Kier molecular flexibility index (Phi) is 7.00. The number of hydrogen-bond donors (Lipinski definition) is 1. The number of rotatable bonds is 8. The van der Waals surface area contributed by atoms with E-state index in [1.54, 1.807) is 19.2 Å². The number of esters is 1. The molecule has 148 valence electrons. The van der Waals surface area contributed by atoms with Crippen LogP contribution in [0.2, 0.25) is 0 Å². The maximum absolute atomic E-state index is 12.2. The summed E-state index contributed by atoms with van der Waals surface area (Å²) in [5, 5.41) is 2.59. The van der Waals surface area contributed by atoms with E-state index in [2.05, 4.69) is 5.32 Å². The fourth-order valence-electron chi connectivity index (χ4n) is 2.83. The largest absolute Gasteiger partial charge is 0.497 e. The number of carbonyl (C=O) groups is 2.